The first kappa shape index (κ1) is 24.7. The number of halogens is 6. The molecule has 4 nitrogen and oxygen atoms in total. The fraction of sp³-hybridized carbons (Fsp3) is 0.115. The number of rotatable bonds is 4. The first-order chi connectivity index (χ1) is 17.0. The van der Waals surface area contributed by atoms with Gasteiger partial charge in [-0.25, -0.2) is 4.68 Å². The van der Waals surface area contributed by atoms with Gasteiger partial charge in [0.25, 0.3) is 5.78 Å². The van der Waals surface area contributed by atoms with E-state index in [1.165, 1.54) is 0 Å². The Hall–Kier alpha value is -4.39. The van der Waals surface area contributed by atoms with Crippen LogP contribution in [0.15, 0.2) is 78.9 Å². The van der Waals surface area contributed by atoms with Crippen molar-refractivity contribution in [2.45, 2.75) is 18.9 Å². The van der Waals surface area contributed by atoms with Crippen LogP contribution < -0.4 is 0 Å². The maximum Gasteiger partial charge on any atom is 0.416 e. The fourth-order valence-corrected chi connectivity index (χ4v) is 3.45. The van der Waals surface area contributed by atoms with Gasteiger partial charge in [-0.1, -0.05) is 59.7 Å². The topological polar surface area (TPSA) is 47.8 Å². The van der Waals surface area contributed by atoms with Gasteiger partial charge in [0.15, 0.2) is 5.69 Å². The minimum absolute atomic E-state index is 0.0527. The number of hydrogen-bond donors (Lipinski definition) is 0. The predicted molar refractivity (Wildman–Crippen MR) is 119 cm³/mol. The maximum atomic E-state index is 13.3. The summed E-state index contributed by atoms with van der Waals surface area (Å²) in [6, 6.07) is 18.2. The molecule has 0 saturated carbocycles. The first-order valence-electron chi connectivity index (χ1n) is 10.4. The lowest BCUT2D eigenvalue weighted by atomic mass is 10.0. The molecule has 3 aromatic carbocycles. The second-order valence-electron chi connectivity index (χ2n) is 7.67. The molecule has 1 heterocycles. The lowest BCUT2D eigenvalue weighted by Crippen LogP contribution is -2.13. The Kier molecular flexibility index (Phi) is 6.66. The Morgan fingerprint density at radius 1 is 0.806 bits per heavy atom. The van der Waals surface area contributed by atoms with Crippen LogP contribution in [0.3, 0.4) is 0 Å². The molecule has 0 radical (unpaired) electrons. The largest absolute Gasteiger partial charge is 0.416 e. The average Bonchev–Trinajstić information content (AvgIpc) is 3.26. The Balaban J connectivity index is 1.79. The summed E-state index contributed by atoms with van der Waals surface area (Å²) >= 11 is 0. The Morgan fingerprint density at radius 2 is 1.36 bits per heavy atom. The summed E-state index contributed by atoms with van der Waals surface area (Å²) in [7, 11) is 0. The quantitative estimate of drug-likeness (QED) is 0.189. The van der Waals surface area contributed by atoms with E-state index in [9.17, 15) is 31.1 Å². The lowest BCUT2D eigenvalue weighted by molar-refractivity contribution is -0.143. The molecule has 0 spiro atoms. The van der Waals surface area contributed by atoms with Crippen molar-refractivity contribution >= 4 is 5.78 Å². The number of aromatic nitrogens is 3. The molecule has 1 aromatic heterocycles. The van der Waals surface area contributed by atoms with Crippen LogP contribution >= 0.6 is 0 Å². The number of hydrogen-bond acceptors (Lipinski definition) is 3. The molecule has 0 bridgehead atoms. The minimum Gasteiger partial charge on any atom is -0.277 e. The van der Waals surface area contributed by atoms with E-state index in [4.69, 9.17) is 0 Å². The number of carbonyl (C=O) groups excluding carboxylic acids is 1. The van der Waals surface area contributed by atoms with E-state index < -0.39 is 35.8 Å². The summed E-state index contributed by atoms with van der Waals surface area (Å²) in [6.07, 6.45) is -9.98. The molecular formula is C26H15F6N3O. The molecule has 0 saturated heterocycles. The highest BCUT2D eigenvalue weighted by Crippen LogP contribution is 2.36. The molecule has 0 N–H and O–H groups in total. The number of nitrogens with zero attached hydrogens (tertiary/aromatic N) is 3. The molecule has 0 aliphatic carbocycles. The van der Waals surface area contributed by atoms with Crippen molar-refractivity contribution in [2.24, 2.45) is 0 Å². The second kappa shape index (κ2) is 9.70. The molecule has 0 aliphatic rings. The summed E-state index contributed by atoms with van der Waals surface area (Å²) in [5, 5.41) is 7.72. The fourth-order valence-electron chi connectivity index (χ4n) is 3.45. The molecule has 182 valence electrons. The van der Waals surface area contributed by atoms with Gasteiger partial charge in [-0.3, -0.25) is 4.79 Å². The molecule has 0 unspecified atom stereocenters. The molecule has 4 rings (SSSR count). The molecule has 0 fully saturated rings. The van der Waals surface area contributed by atoms with Crippen LogP contribution in [-0.2, 0) is 18.9 Å². The summed E-state index contributed by atoms with van der Waals surface area (Å²) < 4.78 is 80.8. The molecule has 0 atom stereocenters. The molecule has 4 aromatic rings. The van der Waals surface area contributed by atoms with Gasteiger partial charge in [-0.05, 0) is 41.8 Å². The number of ketones is 1. The highest BCUT2D eigenvalue weighted by molar-refractivity contribution is 6.11. The molecule has 36 heavy (non-hydrogen) atoms. The van der Waals surface area contributed by atoms with Crippen molar-refractivity contribution in [2.75, 3.05) is 0 Å². The van der Waals surface area contributed by atoms with E-state index in [1.54, 1.807) is 60.7 Å². The summed E-state index contributed by atoms with van der Waals surface area (Å²) in [6.45, 7) is -0.496. The van der Waals surface area contributed by atoms with Crippen LogP contribution in [0.2, 0.25) is 0 Å². The van der Waals surface area contributed by atoms with E-state index in [2.05, 4.69) is 22.2 Å². The zero-order valence-corrected chi connectivity index (χ0v) is 18.2. The Labute approximate surface area is 201 Å². The van der Waals surface area contributed by atoms with E-state index in [1.807, 2.05) is 0 Å². The monoisotopic (exact) mass is 499 g/mol. The van der Waals surface area contributed by atoms with Crippen LogP contribution in [0, 0.1) is 11.8 Å². The van der Waals surface area contributed by atoms with Gasteiger partial charge in [0.2, 0.25) is 0 Å². The van der Waals surface area contributed by atoms with Gasteiger partial charge < -0.3 is 0 Å². The predicted octanol–water partition coefficient (Wildman–Crippen LogP) is 6.27. The van der Waals surface area contributed by atoms with Gasteiger partial charge in [0, 0.05) is 11.1 Å². The highest BCUT2D eigenvalue weighted by Gasteiger charge is 2.37. The molecule has 0 aliphatic heterocycles. The van der Waals surface area contributed by atoms with Crippen molar-refractivity contribution in [1.82, 2.24) is 15.0 Å². The number of carbonyl (C=O) groups is 1. The van der Waals surface area contributed by atoms with Crippen LogP contribution in [0.5, 0.6) is 0 Å². The van der Waals surface area contributed by atoms with Crippen LogP contribution in [-0.4, -0.2) is 20.8 Å². The van der Waals surface area contributed by atoms with Crippen LogP contribution in [0.4, 0.5) is 26.3 Å². The van der Waals surface area contributed by atoms with Gasteiger partial charge in [0.05, 0.1) is 17.7 Å². The third-order valence-electron chi connectivity index (χ3n) is 5.07. The third-order valence-corrected chi connectivity index (χ3v) is 5.07. The molecule has 10 heteroatoms. The van der Waals surface area contributed by atoms with E-state index in [-0.39, 0.29) is 23.0 Å². The van der Waals surface area contributed by atoms with Crippen molar-refractivity contribution in [3.8, 4) is 23.1 Å². The van der Waals surface area contributed by atoms with Gasteiger partial charge in [0.1, 0.15) is 5.69 Å². The van der Waals surface area contributed by atoms with E-state index in [0.717, 1.165) is 4.68 Å². The van der Waals surface area contributed by atoms with Crippen LogP contribution in [0.25, 0.3) is 11.3 Å². The second-order valence-corrected chi connectivity index (χ2v) is 7.67. The lowest BCUT2D eigenvalue weighted by Gasteiger charge is -2.15. The summed E-state index contributed by atoms with van der Waals surface area (Å²) in [5.41, 5.74) is -2.24. The van der Waals surface area contributed by atoms with Crippen molar-refractivity contribution in [1.29, 1.82) is 0 Å². The summed E-state index contributed by atoms with van der Waals surface area (Å²) in [4.78, 5) is 12.9. The van der Waals surface area contributed by atoms with E-state index in [0.29, 0.717) is 23.3 Å². The number of alkyl halides is 6. The first-order valence-corrected chi connectivity index (χ1v) is 10.4. The zero-order valence-electron chi connectivity index (χ0n) is 18.2. The van der Waals surface area contributed by atoms with Crippen LogP contribution in [0.1, 0.15) is 32.7 Å². The SMILES string of the molecule is O=C(C#Cc1ccccc1)c1nnn(Cc2cc(C(F)(F)F)cc(C(F)(F)F)c2)c1-c1ccccc1. The minimum atomic E-state index is -4.99. The third kappa shape index (κ3) is 5.63. The average molecular weight is 499 g/mol. The highest BCUT2D eigenvalue weighted by atomic mass is 19.4. The smallest absolute Gasteiger partial charge is 0.277 e. The maximum absolute atomic E-state index is 13.3. The Morgan fingerprint density at radius 3 is 1.92 bits per heavy atom. The normalized spacial score (nSPS) is 11.6. The summed E-state index contributed by atoms with van der Waals surface area (Å²) in [5.74, 6) is 4.46. The van der Waals surface area contributed by atoms with Crippen molar-refractivity contribution < 1.29 is 31.1 Å². The zero-order chi connectivity index (χ0) is 25.9. The number of Topliss-reactive ketones (excluding diaryl/α,β-unsaturated/α-hetero) is 1. The molecule has 0 amide bonds. The van der Waals surface area contributed by atoms with Gasteiger partial charge in [-0.15, -0.1) is 5.10 Å². The standard InChI is InChI=1S/C26H15F6N3O/c27-25(28,29)20-13-18(14-21(15-20)26(30,31)32)16-35-24(19-9-5-2-6-10-19)23(33-34-35)22(36)12-11-17-7-3-1-4-8-17/h1-10,13-15H,16H2. The van der Waals surface area contributed by atoms with E-state index >= 15 is 0 Å². The number of benzene rings is 3. The van der Waals surface area contributed by atoms with Crippen molar-refractivity contribution in [3.63, 3.8) is 0 Å². The van der Waals surface area contributed by atoms with Gasteiger partial charge >= 0.3 is 12.4 Å². The molecular weight excluding hydrogens is 484 g/mol. The van der Waals surface area contributed by atoms with Crippen molar-refractivity contribution in [3.05, 3.63) is 107 Å². The Bertz CT molecular complexity index is 1410. The van der Waals surface area contributed by atoms with Gasteiger partial charge in [-0.2, -0.15) is 26.3 Å².